The van der Waals surface area contributed by atoms with E-state index < -0.39 is 0 Å². The molecule has 0 N–H and O–H groups in total. The average molecular weight is 351 g/mol. The minimum absolute atomic E-state index is 0.184. The molecule has 3 heterocycles. The van der Waals surface area contributed by atoms with Crippen LogP contribution in [0.1, 0.15) is 36.4 Å². The van der Waals surface area contributed by atoms with Gasteiger partial charge in [0.2, 0.25) is 5.72 Å². The van der Waals surface area contributed by atoms with Gasteiger partial charge in [-0.1, -0.05) is 30.3 Å². The summed E-state index contributed by atoms with van der Waals surface area (Å²) < 4.78 is 19.9. The normalized spacial score (nSPS) is 24.0. The molecule has 1 saturated heterocycles. The number of benzene rings is 2. The highest BCUT2D eigenvalue weighted by Crippen LogP contribution is 2.49. The van der Waals surface area contributed by atoms with Crippen molar-refractivity contribution in [1.29, 1.82) is 0 Å². The van der Waals surface area contributed by atoms with Crippen LogP contribution in [-0.4, -0.2) is 41.5 Å². The van der Waals surface area contributed by atoms with Crippen LogP contribution in [0.2, 0.25) is 0 Å². The summed E-state index contributed by atoms with van der Waals surface area (Å²) >= 11 is 0. The molecule has 5 heteroatoms. The molecule has 0 bridgehead atoms. The van der Waals surface area contributed by atoms with E-state index in [2.05, 4.69) is 35.2 Å². The molecule has 134 valence electrons. The fourth-order valence-corrected chi connectivity index (χ4v) is 4.34. The van der Waals surface area contributed by atoms with Gasteiger partial charge in [0.25, 0.3) is 0 Å². The lowest BCUT2D eigenvalue weighted by atomic mass is 9.91. The average Bonchev–Trinajstić information content (AvgIpc) is 3.12. The maximum atomic E-state index is 13.3. The monoisotopic (exact) mass is 351 g/mol. The van der Waals surface area contributed by atoms with E-state index in [0.29, 0.717) is 0 Å². The molecule has 1 spiro atoms. The number of halogens is 1. The Morgan fingerprint density at radius 3 is 2.58 bits per heavy atom. The van der Waals surface area contributed by atoms with E-state index in [1.807, 2.05) is 18.2 Å². The van der Waals surface area contributed by atoms with Gasteiger partial charge in [-0.25, -0.2) is 9.40 Å². The van der Waals surface area contributed by atoms with E-state index in [0.717, 1.165) is 49.4 Å². The number of fused-ring (bicyclic) bond motifs is 4. The zero-order chi connectivity index (χ0) is 17.7. The quantitative estimate of drug-likeness (QED) is 0.782. The molecule has 1 fully saturated rings. The van der Waals surface area contributed by atoms with Crippen LogP contribution < -0.4 is 4.74 Å². The smallest absolute Gasteiger partial charge is 0.200 e. The van der Waals surface area contributed by atoms with Gasteiger partial charge >= 0.3 is 0 Å². The van der Waals surface area contributed by atoms with Crippen molar-refractivity contribution < 1.29 is 9.13 Å². The van der Waals surface area contributed by atoms with Crippen molar-refractivity contribution >= 4 is 5.71 Å². The van der Waals surface area contributed by atoms with Gasteiger partial charge in [-0.2, -0.15) is 5.10 Å². The van der Waals surface area contributed by atoms with E-state index in [-0.39, 0.29) is 17.6 Å². The molecule has 0 saturated carbocycles. The number of ether oxygens (including phenoxy) is 1. The number of para-hydroxylation sites is 1. The van der Waals surface area contributed by atoms with E-state index in [1.54, 1.807) is 0 Å². The molecule has 2 aromatic carbocycles. The molecule has 3 aliphatic heterocycles. The number of nitrogens with zero attached hydrogens (tertiary/aromatic N) is 3. The first-order valence-electron chi connectivity index (χ1n) is 9.24. The lowest BCUT2D eigenvalue weighted by Gasteiger charge is -2.50. The van der Waals surface area contributed by atoms with Gasteiger partial charge in [0.1, 0.15) is 11.6 Å². The van der Waals surface area contributed by atoms with Crippen molar-refractivity contribution in [3.8, 4) is 5.75 Å². The van der Waals surface area contributed by atoms with E-state index >= 15 is 0 Å². The minimum Gasteiger partial charge on any atom is -0.466 e. The Morgan fingerprint density at radius 2 is 1.81 bits per heavy atom. The van der Waals surface area contributed by atoms with E-state index in [1.165, 1.54) is 17.7 Å². The lowest BCUT2D eigenvalue weighted by molar-refractivity contribution is -0.147. The van der Waals surface area contributed by atoms with Gasteiger partial charge in [0.05, 0.1) is 11.8 Å². The summed E-state index contributed by atoms with van der Waals surface area (Å²) in [4.78, 5) is 2.34. The topological polar surface area (TPSA) is 28.1 Å². The summed E-state index contributed by atoms with van der Waals surface area (Å²) in [6.45, 7) is 1.99. The largest absolute Gasteiger partial charge is 0.466 e. The van der Waals surface area contributed by atoms with Gasteiger partial charge in [0.15, 0.2) is 0 Å². The molecule has 1 atom stereocenters. The van der Waals surface area contributed by atoms with Crippen molar-refractivity contribution in [2.45, 2.75) is 31.0 Å². The number of hydrogen-bond donors (Lipinski definition) is 0. The van der Waals surface area contributed by atoms with Gasteiger partial charge < -0.3 is 9.64 Å². The Bertz CT molecular complexity index is 856. The van der Waals surface area contributed by atoms with Crippen LogP contribution in [-0.2, 0) is 0 Å². The lowest BCUT2D eigenvalue weighted by Crippen LogP contribution is -2.58. The molecular formula is C21H22FN3O. The molecular weight excluding hydrogens is 329 g/mol. The number of hydrogen-bond acceptors (Lipinski definition) is 4. The highest BCUT2D eigenvalue weighted by atomic mass is 19.1. The van der Waals surface area contributed by atoms with E-state index in [9.17, 15) is 4.39 Å². The van der Waals surface area contributed by atoms with Crippen molar-refractivity contribution in [2.24, 2.45) is 5.10 Å². The molecule has 0 amide bonds. The fourth-order valence-electron chi connectivity index (χ4n) is 4.34. The minimum atomic E-state index is -0.382. The molecule has 0 unspecified atom stereocenters. The first-order chi connectivity index (χ1) is 12.6. The molecule has 5 rings (SSSR count). The maximum absolute atomic E-state index is 13.3. The number of piperidine rings is 1. The summed E-state index contributed by atoms with van der Waals surface area (Å²) in [6, 6.07) is 15.1. The Hall–Kier alpha value is -2.40. The van der Waals surface area contributed by atoms with Crippen molar-refractivity contribution in [3.63, 3.8) is 0 Å². The maximum Gasteiger partial charge on any atom is 0.200 e. The SMILES string of the molecule is CN1CCC2(CC1)Oc1ccccc1[C@@H]1CC(c3ccc(F)cc3)=NN12. The second-order valence-corrected chi connectivity index (χ2v) is 7.51. The highest BCUT2D eigenvalue weighted by molar-refractivity contribution is 6.01. The van der Waals surface area contributed by atoms with Crippen LogP contribution in [0.5, 0.6) is 5.75 Å². The molecule has 26 heavy (non-hydrogen) atoms. The van der Waals surface area contributed by atoms with Crippen LogP contribution in [0.4, 0.5) is 4.39 Å². The van der Waals surface area contributed by atoms with Crippen molar-refractivity contribution in [2.75, 3.05) is 20.1 Å². The Morgan fingerprint density at radius 1 is 1.08 bits per heavy atom. The van der Waals surface area contributed by atoms with Crippen LogP contribution in [0.3, 0.4) is 0 Å². The first-order valence-corrected chi connectivity index (χ1v) is 9.24. The third-order valence-electron chi connectivity index (χ3n) is 5.85. The molecule has 4 nitrogen and oxygen atoms in total. The predicted octanol–water partition coefficient (Wildman–Crippen LogP) is 3.79. The van der Waals surface area contributed by atoms with Gasteiger partial charge in [-0.3, -0.25) is 0 Å². The van der Waals surface area contributed by atoms with Gasteiger partial charge in [0, 0.05) is 37.9 Å². The summed E-state index contributed by atoms with van der Waals surface area (Å²) in [7, 11) is 2.15. The predicted molar refractivity (Wildman–Crippen MR) is 98.7 cm³/mol. The number of hydrazone groups is 1. The van der Waals surface area contributed by atoms with Gasteiger partial charge in [-0.15, -0.1) is 0 Å². The standard InChI is InChI=1S/C21H22FN3O/c1-24-12-10-21(11-13-24)25-19(17-4-2-3-5-20(17)26-21)14-18(23-25)15-6-8-16(22)9-7-15/h2-9,19H,10-14H2,1H3/t19-/m0/s1. The third-order valence-corrected chi connectivity index (χ3v) is 5.85. The second-order valence-electron chi connectivity index (χ2n) is 7.51. The molecule has 0 aliphatic carbocycles. The summed E-state index contributed by atoms with van der Waals surface area (Å²) in [5, 5.41) is 7.19. The molecule has 0 aromatic heterocycles. The molecule has 3 aliphatic rings. The van der Waals surface area contributed by atoms with Crippen LogP contribution in [0, 0.1) is 5.82 Å². The zero-order valence-corrected chi connectivity index (χ0v) is 14.9. The first kappa shape index (κ1) is 15.8. The highest BCUT2D eigenvalue weighted by Gasteiger charge is 2.51. The summed E-state index contributed by atoms with van der Waals surface area (Å²) in [5.74, 6) is 0.763. The zero-order valence-electron chi connectivity index (χ0n) is 14.9. The fraction of sp³-hybridized carbons (Fsp3) is 0.381. The van der Waals surface area contributed by atoms with Gasteiger partial charge in [-0.05, 0) is 30.8 Å². The molecule has 2 aromatic rings. The van der Waals surface area contributed by atoms with Crippen LogP contribution in [0.25, 0.3) is 0 Å². The Labute approximate surface area is 152 Å². The molecule has 0 radical (unpaired) electrons. The number of rotatable bonds is 1. The van der Waals surface area contributed by atoms with Crippen molar-refractivity contribution in [3.05, 3.63) is 65.5 Å². The van der Waals surface area contributed by atoms with E-state index in [4.69, 9.17) is 9.84 Å². The number of likely N-dealkylation sites (tertiary alicyclic amines) is 1. The van der Waals surface area contributed by atoms with Crippen LogP contribution >= 0.6 is 0 Å². The second kappa shape index (κ2) is 5.81. The van der Waals surface area contributed by atoms with Crippen LogP contribution in [0.15, 0.2) is 53.6 Å². The summed E-state index contributed by atoms with van der Waals surface area (Å²) in [6.07, 6.45) is 2.67. The Balaban J connectivity index is 1.57. The summed E-state index contributed by atoms with van der Waals surface area (Å²) in [5.41, 5.74) is 2.81. The third kappa shape index (κ3) is 2.42. The van der Waals surface area contributed by atoms with Crippen molar-refractivity contribution in [1.82, 2.24) is 9.91 Å². The Kier molecular flexibility index (Phi) is 3.54.